The SMILES string of the molecule is Cc1ccc([N+](=O)[O-])c([O-])c1.[K+]. The molecule has 0 unspecified atom stereocenters. The number of aryl methyl sites for hydroxylation is 1. The van der Waals surface area contributed by atoms with Crippen LogP contribution in [0.3, 0.4) is 0 Å². The molecule has 5 heteroatoms. The van der Waals surface area contributed by atoms with Gasteiger partial charge in [-0.05, 0) is 12.7 Å². The molecule has 0 amide bonds. The van der Waals surface area contributed by atoms with E-state index in [-0.39, 0.29) is 57.1 Å². The first-order valence-electron chi connectivity index (χ1n) is 3.03. The number of hydrogen-bond acceptors (Lipinski definition) is 3. The Hall–Kier alpha value is 0.0564. The molecule has 58 valence electrons. The number of nitro benzene ring substituents is 1. The Bertz CT molecular complexity index is 301. The van der Waals surface area contributed by atoms with Gasteiger partial charge in [0.05, 0.1) is 4.92 Å². The van der Waals surface area contributed by atoms with Crippen LogP contribution in [0, 0.1) is 17.0 Å². The van der Waals surface area contributed by atoms with E-state index in [1.54, 1.807) is 13.0 Å². The first-order chi connectivity index (χ1) is 5.11. The summed E-state index contributed by atoms with van der Waals surface area (Å²) in [5.74, 6) is -0.532. The summed E-state index contributed by atoms with van der Waals surface area (Å²) in [6, 6.07) is 4.01. The van der Waals surface area contributed by atoms with Gasteiger partial charge in [-0.25, -0.2) is 0 Å². The van der Waals surface area contributed by atoms with Crippen molar-refractivity contribution in [2.24, 2.45) is 0 Å². The summed E-state index contributed by atoms with van der Waals surface area (Å²) in [5, 5.41) is 21.0. The number of hydrogen-bond donors (Lipinski definition) is 0. The van der Waals surface area contributed by atoms with Crippen molar-refractivity contribution in [1.82, 2.24) is 0 Å². The van der Waals surface area contributed by atoms with Gasteiger partial charge in [-0.2, -0.15) is 0 Å². The molecule has 0 bridgehead atoms. The topological polar surface area (TPSA) is 66.2 Å². The van der Waals surface area contributed by atoms with Crippen molar-refractivity contribution in [1.29, 1.82) is 0 Å². The van der Waals surface area contributed by atoms with E-state index in [0.717, 1.165) is 5.56 Å². The van der Waals surface area contributed by atoms with E-state index < -0.39 is 10.7 Å². The van der Waals surface area contributed by atoms with Gasteiger partial charge in [0.2, 0.25) is 0 Å². The van der Waals surface area contributed by atoms with Crippen LogP contribution in [-0.4, -0.2) is 4.92 Å². The zero-order valence-corrected chi connectivity index (χ0v) is 10.0. The summed E-state index contributed by atoms with van der Waals surface area (Å²) in [6.45, 7) is 1.71. The van der Waals surface area contributed by atoms with Crippen LogP contribution < -0.4 is 56.5 Å². The molecule has 4 nitrogen and oxygen atoms in total. The molecule has 0 heterocycles. The van der Waals surface area contributed by atoms with Gasteiger partial charge >= 0.3 is 51.4 Å². The fourth-order valence-corrected chi connectivity index (χ4v) is 0.772. The monoisotopic (exact) mass is 191 g/mol. The summed E-state index contributed by atoms with van der Waals surface area (Å²) in [5.41, 5.74) is 0.371. The first-order valence-corrected chi connectivity index (χ1v) is 3.03. The molecule has 0 aliphatic carbocycles. The second kappa shape index (κ2) is 4.93. The second-order valence-corrected chi connectivity index (χ2v) is 2.23. The van der Waals surface area contributed by atoms with Crippen molar-refractivity contribution in [2.75, 3.05) is 0 Å². The molecule has 0 spiro atoms. The predicted molar refractivity (Wildman–Crippen MR) is 37.3 cm³/mol. The molecule has 0 atom stereocenters. The Morgan fingerprint density at radius 3 is 2.42 bits per heavy atom. The summed E-state index contributed by atoms with van der Waals surface area (Å²) in [7, 11) is 0. The van der Waals surface area contributed by atoms with Crippen LogP contribution in [0.4, 0.5) is 5.69 Å². The standard InChI is InChI=1S/C7H7NO3.K/c1-5-2-3-6(8(10)11)7(9)4-5;/h2-4,9H,1H3;/q;+1/p-1. The largest absolute Gasteiger partial charge is 1.00 e. The Morgan fingerprint density at radius 1 is 1.42 bits per heavy atom. The molecule has 0 N–H and O–H groups in total. The average molecular weight is 191 g/mol. The van der Waals surface area contributed by atoms with E-state index >= 15 is 0 Å². The Balaban J connectivity index is 0.00000121. The average Bonchev–Trinajstić information content (AvgIpc) is 1.85. The van der Waals surface area contributed by atoms with E-state index in [0.29, 0.717) is 0 Å². The molecule has 12 heavy (non-hydrogen) atoms. The molecule has 0 saturated heterocycles. The fourth-order valence-electron chi connectivity index (χ4n) is 0.772. The molecule has 1 aromatic carbocycles. The number of nitrogens with zero attached hydrogens (tertiary/aromatic N) is 1. The fraction of sp³-hybridized carbons (Fsp3) is 0.143. The molecule has 0 aliphatic heterocycles. The molecular weight excluding hydrogens is 185 g/mol. The molecule has 0 radical (unpaired) electrons. The van der Waals surface area contributed by atoms with Gasteiger partial charge in [-0.15, -0.1) is 0 Å². The van der Waals surface area contributed by atoms with Crippen molar-refractivity contribution in [3.8, 4) is 5.75 Å². The van der Waals surface area contributed by atoms with Crippen molar-refractivity contribution < 1.29 is 61.4 Å². The van der Waals surface area contributed by atoms with Gasteiger partial charge in [0, 0.05) is 6.07 Å². The van der Waals surface area contributed by atoms with Crippen molar-refractivity contribution in [3.05, 3.63) is 33.9 Å². The van der Waals surface area contributed by atoms with Gasteiger partial charge in [0.1, 0.15) is 0 Å². The van der Waals surface area contributed by atoms with Crippen LogP contribution in [0.15, 0.2) is 18.2 Å². The molecule has 0 fully saturated rings. The zero-order valence-electron chi connectivity index (χ0n) is 6.90. The van der Waals surface area contributed by atoms with Gasteiger partial charge in [0.25, 0.3) is 5.69 Å². The van der Waals surface area contributed by atoms with Crippen molar-refractivity contribution >= 4 is 5.69 Å². The summed E-state index contributed by atoms with van der Waals surface area (Å²) < 4.78 is 0. The van der Waals surface area contributed by atoms with Crippen molar-refractivity contribution in [3.63, 3.8) is 0 Å². The minimum atomic E-state index is -0.679. The molecule has 1 rings (SSSR count). The quantitative estimate of drug-likeness (QED) is 0.292. The zero-order chi connectivity index (χ0) is 8.43. The van der Waals surface area contributed by atoms with E-state index in [1.165, 1.54) is 12.1 Å². The maximum Gasteiger partial charge on any atom is 1.00 e. The minimum absolute atomic E-state index is 0. The maximum absolute atomic E-state index is 10.8. The number of rotatable bonds is 1. The van der Waals surface area contributed by atoms with E-state index in [9.17, 15) is 15.2 Å². The van der Waals surface area contributed by atoms with Crippen LogP contribution in [0.2, 0.25) is 0 Å². The molecule has 1 aromatic rings. The van der Waals surface area contributed by atoms with Gasteiger partial charge in [-0.1, -0.05) is 17.7 Å². The summed E-state index contributed by atoms with van der Waals surface area (Å²) >= 11 is 0. The molecule has 0 aromatic heterocycles. The maximum atomic E-state index is 10.8. The van der Waals surface area contributed by atoms with E-state index in [2.05, 4.69) is 0 Å². The number of nitro groups is 1. The van der Waals surface area contributed by atoms with Gasteiger partial charge in [-0.3, -0.25) is 10.1 Å². The minimum Gasteiger partial charge on any atom is -0.868 e. The van der Waals surface area contributed by atoms with Gasteiger partial charge < -0.3 is 5.11 Å². The Morgan fingerprint density at radius 2 is 2.00 bits per heavy atom. The third kappa shape index (κ3) is 2.84. The van der Waals surface area contributed by atoms with E-state index in [1.807, 2.05) is 0 Å². The van der Waals surface area contributed by atoms with E-state index in [4.69, 9.17) is 0 Å². The van der Waals surface area contributed by atoms with Crippen LogP contribution in [0.1, 0.15) is 5.56 Å². The van der Waals surface area contributed by atoms with Crippen LogP contribution in [0.25, 0.3) is 0 Å². The summed E-state index contributed by atoms with van der Waals surface area (Å²) in [4.78, 5) is 9.46. The van der Waals surface area contributed by atoms with Crippen molar-refractivity contribution in [2.45, 2.75) is 6.92 Å². The predicted octanol–water partition coefficient (Wildman–Crippen LogP) is -2.02. The second-order valence-electron chi connectivity index (χ2n) is 2.23. The van der Waals surface area contributed by atoms with Crippen LogP contribution in [-0.2, 0) is 0 Å². The smallest absolute Gasteiger partial charge is 0.868 e. The molecule has 0 saturated carbocycles. The third-order valence-corrected chi connectivity index (χ3v) is 1.31. The Labute approximate surface area is 112 Å². The molecular formula is C7H6KNO3. The normalized spacial score (nSPS) is 8.75. The van der Waals surface area contributed by atoms with Gasteiger partial charge in [0.15, 0.2) is 0 Å². The first kappa shape index (κ1) is 12.1. The van der Waals surface area contributed by atoms with Crippen LogP contribution in [0.5, 0.6) is 5.75 Å². The molecule has 0 aliphatic rings. The van der Waals surface area contributed by atoms with Crippen LogP contribution >= 0.6 is 0 Å². The third-order valence-electron chi connectivity index (χ3n) is 1.31. The summed E-state index contributed by atoms with van der Waals surface area (Å²) in [6.07, 6.45) is 0. The Kier molecular flexibility index (Phi) is 4.96. The number of benzene rings is 1.